The van der Waals surface area contributed by atoms with Crippen molar-refractivity contribution in [1.82, 2.24) is 0 Å². The van der Waals surface area contributed by atoms with Gasteiger partial charge in [0, 0.05) is 18.9 Å². The fraction of sp³-hybridized carbons (Fsp3) is 0.364. The summed E-state index contributed by atoms with van der Waals surface area (Å²) in [6.45, 7) is 3.62. The zero-order valence-electron chi connectivity index (χ0n) is 8.66. The summed E-state index contributed by atoms with van der Waals surface area (Å²) in [6, 6.07) is 1.59. The molecule has 0 amide bonds. The van der Waals surface area contributed by atoms with E-state index in [4.69, 9.17) is 9.47 Å². The maximum Gasteiger partial charge on any atom is 0.308 e. The number of carbonyl (C=O) groups is 1. The Hall–Kier alpha value is -1.71. The summed E-state index contributed by atoms with van der Waals surface area (Å²) in [6.07, 6.45) is 0.649. The van der Waals surface area contributed by atoms with Crippen LogP contribution in [0.15, 0.2) is 6.07 Å². The molecule has 4 heteroatoms. The zero-order chi connectivity index (χ0) is 11.0. The molecule has 0 spiro atoms. The second kappa shape index (κ2) is 3.46. The Morgan fingerprint density at radius 1 is 1.60 bits per heavy atom. The van der Waals surface area contributed by atoms with Crippen molar-refractivity contribution < 1.29 is 19.4 Å². The molecule has 0 saturated carbocycles. The highest BCUT2D eigenvalue weighted by atomic mass is 16.6. The van der Waals surface area contributed by atoms with Crippen LogP contribution in [0.3, 0.4) is 0 Å². The Balaban J connectivity index is 2.54. The number of fused-ring (bicyclic) bond motifs is 1. The van der Waals surface area contributed by atoms with Gasteiger partial charge in [0.05, 0.1) is 6.61 Å². The van der Waals surface area contributed by atoms with E-state index < -0.39 is 0 Å². The summed E-state index contributed by atoms with van der Waals surface area (Å²) in [5.74, 6) is 0.743. The molecule has 0 saturated heterocycles. The molecule has 15 heavy (non-hydrogen) atoms. The quantitative estimate of drug-likeness (QED) is 0.562. The van der Waals surface area contributed by atoms with Crippen molar-refractivity contribution in [2.45, 2.75) is 20.3 Å². The molecule has 0 unspecified atom stereocenters. The smallest absolute Gasteiger partial charge is 0.308 e. The molecule has 2 rings (SSSR count). The summed E-state index contributed by atoms with van der Waals surface area (Å²) in [5, 5.41) is 9.65. The minimum atomic E-state index is -0.388. The Morgan fingerprint density at radius 3 is 3.00 bits per heavy atom. The van der Waals surface area contributed by atoms with E-state index in [1.165, 1.54) is 6.92 Å². The maximum atomic E-state index is 10.9. The molecular weight excluding hydrogens is 196 g/mol. The van der Waals surface area contributed by atoms with Crippen LogP contribution in [0.25, 0.3) is 0 Å². The van der Waals surface area contributed by atoms with Gasteiger partial charge < -0.3 is 14.6 Å². The lowest BCUT2D eigenvalue weighted by atomic mass is 10.1. The van der Waals surface area contributed by atoms with Crippen molar-refractivity contribution >= 4 is 5.97 Å². The second-order valence-electron chi connectivity index (χ2n) is 3.54. The lowest BCUT2D eigenvalue weighted by Gasteiger charge is -2.11. The maximum absolute atomic E-state index is 10.9. The molecular formula is C11H12O4. The van der Waals surface area contributed by atoms with E-state index in [2.05, 4.69) is 0 Å². The first kappa shape index (κ1) is 9.83. The van der Waals surface area contributed by atoms with Crippen LogP contribution < -0.4 is 9.47 Å². The zero-order valence-corrected chi connectivity index (χ0v) is 8.66. The number of phenols is 1. The highest BCUT2D eigenvalue weighted by Crippen LogP contribution is 2.43. The Morgan fingerprint density at radius 2 is 2.33 bits per heavy atom. The van der Waals surface area contributed by atoms with Crippen LogP contribution in [0, 0.1) is 6.92 Å². The number of aryl methyl sites for hydroxylation is 1. The lowest BCUT2D eigenvalue weighted by molar-refractivity contribution is -0.132. The number of hydrogen-bond acceptors (Lipinski definition) is 4. The predicted molar refractivity (Wildman–Crippen MR) is 53.4 cm³/mol. The highest BCUT2D eigenvalue weighted by molar-refractivity contribution is 5.72. The van der Waals surface area contributed by atoms with Gasteiger partial charge in [-0.1, -0.05) is 0 Å². The third-order valence-corrected chi connectivity index (χ3v) is 2.35. The third-order valence-electron chi connectivity index (χ3n) is 2.35. The molecule has 1 aliphatic rings. The van der Waals surface area contributed by atoms with Crippen LogP contribution in [0.1, 0.15) is 18.1 Å². The van der Waals surface area contributed by atoms with Gasteiger partial charge in [-0.25, -0.2) is 0 Å². The van der Waals surface area contributed by atoms with Crippen molar-refractivity contribution in [3.63, 3.8) is 0 Å². The molecule has 4 nitrogen and oxygen atoms in total. The second-order valence-corrected chi connectivity index (χ2v) is 3.54. The molecule has 1 aliphatic heterocycles. The van der Waals surface area contributed by atoms with E-state index in [-0.39, 0.29) is 11.7 Å². The Labute approximate surface area is 87.4 Å². The first-order valence-electron chi connectivity index (χ1n) is 4.76. The minimum absolute atomic E-state index is 0.205. The van der Waals surface area contributed by atoms with Crippen molar-refractivity contribution in [1.29, 1.82) is 0 Å². The predicted octanol–water partition coefficient (Wildman–Crippen LogP) is 1.56. The molecule has 0 bridgehead atoms. The van der Waals surface area contributed by atoms with E-state index in [0.717, 1.165) is 5.56 Å². The van der Waals surface area contributed by atoms with Crippen LogP contribution in [0.4, 0.5) is 0 Å². The van der Waals surface area contributed by atoms with Gasteiger partial charge >= 0.3 is 5.97 Å². The molecule has 1 N–H and O–H groups in total. The van der Waals surface area contributed by atoms with E-state index in [1.807, 2.05) is 0 Å². The number of aromatic hydroxyl groups is 1. The molecule has 0 fully saturated rings. The van der Waals surface area contributed by atoms with Gasteiger partial charge in [0.15, 0.2) is 11.5 Å². The summed E-state index contributed by atoms with van der Waals surface area (Å²) < 4.78 is 10.4. The molecule has 80 valence electrons. The van der Waals surface area contributed by atoms with Crippen LogP contribution in [-0.4, -0.2) is 17.7 Å². The van der Waals surface area contributed by atoms with Gasteiger partial charge in [-0.15, -0.1) is 0 Å². The molecule has 0 atom stereocenters. The standard InChI is InChI=1S/C11H12O4/c1-6-5-9(13)8-3-4-14-11(8)10(6)15-7(2)12/h5,13H,3-4H2,1-2H3. The number of carbonyl (C=O) groups excluding carboxylic acids is 1. The van der Waals surface area contributed by atoms with Crippen LogP contribution in [0.2, 0.25) is 0 Å². The van der Waals surface area contributed by atoms with Gasteiger partial charge in [-0.05, 0) is 18.6 Å². The Kier molecular flexibility index (Phi) is 2.26. The largest absolute Gasteiger partial charge is 0.508 e. The molecule has 0 aliphatic carbocycles. The lowest BCUT2D eigenvalue weighted by Crippen LogP contribution is -2.04. The van der Waals surface area contributed by atoms with Crippen molar-refractivity contribution in [2.24, 2.45) is 0 Å². The number of hydrogen-bond donors (Lipinski definition) is 1. The molecule has 1 aromatic carbocycles. The SMILES string of the molecule is CC(=O)Oc1c(C)cc(O)c2c1OCC2. The van der Waals surface area contributed by atoms with E-state index in [0.29, 0.717) is 30.1 Å². The highest BCUT2D eigenvalue weighted by Gasteiger charge is 2.24. The van der Waals surface area contributed by atoms with E-state index in [9.17, 15) is 9.90 Å². The summed E-state index contributed by atoms with van der Waals surface area (Å²) in [4.78, 5) is 10.9. The van der Waals surface area contributed by atoms with Gasteiger partial charge in [0.2, 0.25) is 0 Å². The first-order chi connectivity index (χ1) is 7.09. The number of rotatable bonds is 1. The number of ether oxygens (including phenoxy) is 2. The van der Waals surface area contributed by atoms with Crippen molar-refractivity contribution in [3.8, 4) is 17.2 Å². The van der Waals surface area contributed by atoms with Crippen LogP contribution >= 0.6 is 0 Å². The summed E-state index contributed by atoms with van der Waals surface area (Å²) >= 11 is 0. The molecule has 1 aromatic rings. The molecule has 0 aromatic heterocycles. The van der Waals surface area contributed by atoms with E-state index >= 15 is 0 Å². The summed E-state index contributed by atoms with van der Waals surface area (Å²) in [5.41, 5.74) is 1.42. The van der Waals surface area contributed by atoms with E-state index in [1.54, 1.807) is 13.0 Å². The molecule has 0 radical (unpaired) electrons. The van der Waals surface area contributed by atoms with Gasteiger partial charge in [0.25, 0.3) is 0 Å². The topological polar surface area (TPSA) is 55.8 Å². The van der Waals surface area contributed by atoms with Gasteiger partial charge in [-0.3, -0.25) is 4.79 Å². The number of phenolic OH excluding ortho intramolecular Hbond substituents is 1. The third kappa shape index (κ3) is 1.63. The number of esters is 1. The average molecular weight is 208 g/mol. The Bertz CT molecular complexity index is 423. The normalized spacial score (nSPS) is 13.2. The van der Waals surface area contributed by atoms with Crippen molar-refractivity contribution in [2.75, 3.05) is 6.61 Å². The van der Waals surface area contributed by atoms with Crippen molar-refractivity contribution in [3.05, 3.63) is 17.2 Å². The molecule has 1 heterocycles. The fourth-order valence-electron chi connectivity index (χ4n) is 1.71. The van der Waals surface area contributed by atoms with Crippen LogP contribution in [-0.2, 0) is 11.2 Å². The first-order valence-corrected chi connectivity index (χ1v) is 4.76. The van der Waals surface area contributed by atoms with Gasteiger partial charge in [-0.2, -0.15) is 0 Å². The number of benzene rings is 1. The van der Waals surface area contributed by atoms with Gasteiger partial charge in [0.1, 0.15) is 5.75 Å². The average Bonchev–Trinajstić information content (AvgIpc) is 2.60. The monoisotopic (exact) mass is 208 g/mol. The van der Waals surface area contributed by atoms with Crippen LogP contribution in [0.5, 0.6) is 17.2 Å². The minimum Gasteiger partial charge on any atom is -0.508 e. The fourth-order valence-corrected chi connectivity index (χ4v) is 1.71. The summed E-state index contributed by atoms with van der Waals surface area (Å²) in [7, 11) is 0.